The number of methoxy groups -OCH3 is 1. The van der Waals surface area contributed by atoms with Crippen molar-refractivity contribution in [1.82, 2.24) is 10.2 Å². The first kappa shape index (κ1) is 28.9. The number of hydrogen-bond donors (Lipinski definition) is 2. The fourth-order valence-corrected chi connectivity index (χ4v) is 5.04. The zero-order chi connectivity index (χ0) is 27.0. The third-order valence-electron chi connectivity index (χ3n) is 5.92. The summed E-state index contributed by atoms with van der Waals surface area (Å²) in [5.41, 5.74) is 0.785. The van der Waals surface area contributed by atoms with Crippen LogP contribution in [-0.4, -0.2) is 78.4 Å². The molecule has 1 aliphatic heterocycles. The Morgan fingerprint density at radius 3 is 2.43 bits per heavy atom. The molecule has 1 fully saturated rings. The first-order valence-electron chi connectivity index (χ1n) is 11.4. The van der Waals surface area contributed by atoms with Crippen LogP contribution in [0.1, 0.15) is 18.4 Å². The van der Waals surface area contributed by atoms with Crippen molar-refractivity contribution in [3.8, 4) is 0 Å². The van der Waals surface area contributed by atoms with Gasteiger partial charge in [0.05, 0.1) is 11.0 Å². The van der Waals surface area contributed by atoms with E-state index in [1.54, 1.807) is 12.1 Å². The molecule has 0 saturated heterocycles. The van der Waals surface area contributed by atoms with Crippen LogP contribution in [-0.2, 0) is 44.0 Å². The van der Waals surface area contributed by atoms with E-state index in [-0.39, 0.29) is 26.2 Å². The van der Waals surface area contributed by atoms with Gasteiger partial charge >= 0.3 is 14.0 Å². The Labute approximate surface area is 219 Å². The third kappa shape index (κ3) is 8.16. The van der Waals surface area contributed by atoms with Gasteiger partial charge < -0.3 is 24.4 Å². The second-order valence-electron chi connectivity index (χ2n) is 8.34. The number of ether oxygens (including phenoxy) is 3. The number of thiocarbonyl (C=S) groups is 1. The van der Waals surface area contributed by atoms with Crippen LogP contribution in [0.2, 0.25) is 0 Å². The minimum absolute atomic E-state index is 0.0243. The predicted molar refractivity (Wildman–Crippen MR) is 133 cm³/mol. The summed E-state index contributed by atoms with van der Waals surface area (Å²) < 4.78 is 38.0. The second kappa shape index (κ2) is 13.2. The number of benzene rings is 1. The number of nitrogens with zero attached hydrogens (tertiary/aromatic N) is 1. The summed E-state index contributed by atoms with van der Waals surface area (Å²) in [7, 11) is -1.98. The Morgan fingerprint density at radius 1 is 1.14 bits per heavy atom. The van der Waals surface area contributed by atoms with Crippen LogP contribution in [0, 0.1) is 5.92 Å². The molecule has 0 bridgehead atoms. The second-order valence-corrected chi connectivity index (χ2v) is 10.3. The van der Waals surface area contributed by atoms with Crippen molar-refractivity contribution in [3.05, 3.63) is 48.0 Å². The molecule has 1 aromatic rings. The molecule has 1 heterocycles. The molecule has 1 saturated carbocycles. The van der Waals surface area contributed by atoms with Gasteiger partial charge in [-0.05, 0) is 12.0 Å². The van der Waals surface area contributed by atoms with Gasteiger partial charge in [-0.1, -0.05) is 42.5 Å². The van der Waals surface area contributed by atoms with Crippen molar-refractivity contribution in [2.24, 2.45) is 5.92 Å². The molecule has 3 rings (SSSR count). The minimum atomic E-state index is -4.41. The molecule has 202 valence electrons. The Hall–Kier alpha value is -2.67. The lowest BCUT2D eigenvalue weighted by Crippen LogP contribution is -2.45. The van der Waals surface area contributed by atoms with E-state index < -0.39 is 50.0 Å². The maximum absolute atomic E-state index is 12.2. The lowest BCUT2D eigenvalue weighted by Gasteiger charge is -2.27. The number of nitrogens with one attached hydrogen (secondary N) is 1. The minimum Gasteiger partial charge on any atom is -0.434 e. The summed E-state index contributed by atoms with van der Waals surface area (Å²) in [4.78, 5) is 47.0. The largest absolute Gasteiger partial charge is 0.508 e. The van der Waals surface area contributed by atoms with E-state index in [2.05, 4.69) is 9.84 Å². The summed E-state index contributed by atoms with van der Waals surface area (Å²) in [6, 6.07) is 8.57. The Morgan fingerprint density at radius 2 is 1.81 bits per heavy atom. The third-order valence-corrected chi connectivity index (χ3v) is 7.22. The molecule has 2 unspecified atom stereocenters. The molecule has 0 spiro atoms. The standard InChI is InChI=1S/C23H29N2O10PS/c1-31-22-17(24-18(37)10-11-25-19(26)8-9-20(25)27)12-16(21(22)35-36(29,30)32-2)14-34-23(28)33-13-15-6-4-3-5-7-15/h3-9,16-17,21-22H,10-14H2,1-2H3,(H,24,37)(H,29,30)/t16-,17-,21?,22-/m1/s1. The van der Waals surface area contributed by atoms with Crippen LogP contribution < -0.4 is 5.32 Å². The van der Waals surface area contributed by atoms with E-state index >= 15 is 0 Å². The summed E-state index contributed by atoms with van der Waals surface area (Å²) >= 11 is 5.39. The average Bonchev–Trinajstić information content (AvgIpc) is 3.37. The fourth-order valence-electron chi connectivity index (χ4n) is 4.11. The quantitative estimate of drug-likeness (QED) is 0.168. The number of amides is 2. The molecule has 2 amide bonds. The summed E-state index contributed by atoms with van der Waals surface area (Å²) in [6.07, 6.45) is 0.219. The lowest BCUT2D eigenvalue weighted by atomic mass is 10.1. The van der Waals surface area contributed by atoms with Crippen molar-refractivity contribution in [2.45, 2.75) is 37.7 Å². The van der Waals surface area contributed by atoms with Crippen molar-refractivity contribution < 1.29 is 47.1 Å². The lowest BCUT2D eigenvalue weighted by molar-refractivity contribution is -0.136. The van der Waals surface area contributed by atoms with Crippen molar-refractivity contribution in [3.63, 3.8) is 0 Å². The highest BCUT2D eigenvalue weighted by Gasteiger charge is 2.48. The molecule has 12 nitrogen and oxygen atoms in total. The van der Waals surface area contributed by atoms with Gasteiger partial charge in [-0.3, -0.25) is 23.5 Å². The van der Waals surface area contributed by atoms with Crippen LogP contribution in [0.15, 0.2) is 42.5 Å². The summed E-state index contributed by atoms with van der Waals surface area (Å²) in [5, 5.41) is 3.10. The van der Waals surface area contributed by atoms with Crippen LogP contribution >= 0.6 is 20.0 Å². The molecular weight excluding hydrogens is 527 g/mol. The number of imide groups is 1. The fraction of sp³-hybridized carbons (Fsp3) is 0.478. The first-order valence-corrected chi connectivity index (χ1v) is 13.3. The molecule has 2 aliphatic rings. The van der Waals surface area contributed by atoms with Gasteiger partial charge in [0.1, 0.15) is 25.4 Å². The van der Waals surface area contributed by atoms with Crippen LogP contribution in [0.3, 0.4) is 0 Å². The molecule has 0 radical (unpaired) electrons. The van der Waals surface area contributed by atoms with Crippen LogP contribution in [0.5, 0.6) is 0 Å². The Balaban J connectivity index is 1.60. The molecule has 1 aromatic carbocycles. The highest BCUT2D eigenvalue weighted by Crippen LogP contribution is 2.48. The number of rotatable bonds is 12. The highest BCUT2D eigenvalue weighted by atomic mass is 32.1. The SMILES string of the molecule is CO[C@H]1C(OP(=O)(O)OC)[C@@H](COC(=O)OCc2ccccc2)C[C@H]1NC(=S)CCN1C(=O)C=CC1=O. The molecule has 0 aromatic heterocycles. The smallest absolute Gasteiger partial charge is 0.434 e. The summed E-state index contributed by atoms with van der Waals surface area (Å²) in [6.45, 7) is -0.0676. The maximum atomic E-state index is 12.2. The molecule has 1 aliphatic carbocycles. The predicted octanol–water partition coefficient (Wildman–Crippen LogP) is 2.11. The Kier molecular flexibility index (Phi) is 10.3. The average molecular weight is 557 g/mol. The van der Waals surface area contributed by atoms with Crippen molar-refractivity contribution in [2.75, 3.05) is 27.4 Å². The molecule has 2 N–H and O–H groups in total. The van der Waals surface area contributed by atoms with Gasteiger partial charge in [0.15, 0.2) is 0 Å². The molecular formula is C23H29N2O10PS. The molecule has 14 heteroatoms. The van der Waals surface area contributed by atoms with Crippen LogP contribution in [0.4, 0.5) is 4.79 Å². The first-order chi connectivity index (χ1) is 17.6. The van der Waals surface area contributed by atoms with Gasteiger partial charge in [0.2, 0.25) is 0 Å². The van der Waals surface area contributed by atoms with Gasteiger partial charge in [-0.2, -0.15) is 0 Å². The van der Waals surface area contributed by atoms with E-state index in [0.717, 1.165) is 17.6 Å². The van der Waals surface area contributed by atoms with Gasteiger partial charge in [-0.15, -0.1) is 0 Å². The zero-order valence-corrected chi connectivity index (χ0v) is 22.0. The Bertz CT molecular complexity index is 1050. The van der Waals surface area contributed by atoms with Crippen molar-refractivity contribution in [1.29, 1.82) is 0 Å². The van der Waals surface area contributed by atoms with E-state index in [0.29, 0.717) is 11.4 Å². The number of phosphoric acid groups is 1. The van der Waals surface area contributed by atoms with E-state index in [9.17, 15) is 23.8 Å². The summed E-state index contributed by atoms with van der Waals surface area (Å²) in [5.74, 6) is -1.39. The molecule has 37 heavy (non-hydrogen) atoms. The zero-order valence-electron chi connectivity index (χ0n) is 20.3. The van der Waals surface area contributed by atoms with Gasteiger partial charge in [-0.25, -0.2) is 9.36 Å². The molecule has 5 atom stereocenters. The number of carbonyl (C=O) groups excluding carboxylic acids is 3. The monoisotopic (exact) mass is 556 g/mol. The topological polar surface area (TPSA) is 150 Å². The van der Waals surface area contributed by atoms with E-state index in [1.165, 1.54) is 19.3 Å². The van der Waals surface area contributed by atoms with E-state index in [4.69, 9.17) is 31.0 Å². The maximum Gasteiger partial charge on any atom is 0.508 e. The van der Waals surface area contributed by atoms with Gasteiger partial charge in [0, 0.05) is 45.3 Å². The van der Waals surface area contributed by atoms with Crippen molar-refractivity contribution >= 4 is 43.0 Å². The number of hydrogen-bond acceptors (Lipinski definition) is 10. The number of phosphoric ester groups is 1. The van der Waals surface area contributed by atoms with E-state index in [1.807, 2.05) is 18.2 Å². The van der Waals surface area contributed by atoms with Gasteiger partial charge in [0.25, 0.3) is 11.8 Å². The normalized spacial score (nSPS) is 24.7. The van der Waals surface area contributed by atoms with Crippen LogP contribution in [0.25, 0.3) is 0 Å². The highest BCUT2D eigenvalue weighted by molar-refractivity contribution is 7.80. The number of carbonyl (C=O) groups is 3.